The lowest BCUT2D eigenvalue weighted by Crippen LogP contribution is -2.51. The summed E-state index contributed by atoms with van der Waals surface area (Å²) >= 11 is 0. The molecule has 2 heterocycles. The zero-order chi connectivity index (χ0) is 15.0. The molecule has 0 aliphatic carbocycles. The summed E-state index contributed by atoms with van der Waals surface area (Å²) in [5.74, 6) is -1.15. The molecule has 2 aliphatic heterocycles. The molecule has 2 fully saturated rings. The van der Waals surface area contributed by atoms with Crippen molar-refractivity contribution >= 4 is 5.97 Å². The Morgan fingerprint density at radius 3 is 2.71 bits per heavy atom. The van der Waals surface area contributed by atoms with Crippen molar-refractivity contribution < 1.29 is 18.7 Å². The van der Waals surface area contributed by atoms with Gasteiger partial charge in [0.05, 0.1) is 19.1 Å². The van der Waals surface area contributed by atoms with Gasteiger partial charge in [0, 0.05) is 25.1 Å². The van der Waals surface area contributed by atoms with E-state index in [1.165, 1.54) is 13.2 Å². The van der Waals surface area contributed by atoms with Crippen molar-refractivity contribution in [2.24, 2.45) is 5.92 Å². The van der Waals surface area contributed by atoms with Gasteiger partial charge in [0.15, 0.2) is 0 Å². The summed E-state index contributed by atoms with van der Waals surface area (Å²) in [7, 11) is 3.03. The molecule has 2 saturated heterocycles. The van der Waals surface area contributed by atoms with Gasteiger partial charge in [-0.25, -0.2) is 4.39 Å². The number of benzene rings is 1. The first-order valence-corrected chi connectivity index (χ1v) is 7.26. The fourth-order valence-electron chi connectivity index (χ4n) is 3.86. The van der Waals surface area contributed by atoms with Gasteiger partial charge in [-0.1, -0.05) is 18.2 Å². The number of esters is 1. The Labute approximate surface area is 123 Å². The number of piperidine rings is 1. The van der Waals surface area contributed by atoms with Crippen LogP contribution in [0.1, 0.15) is 24.3 Å². The van der Waals surface area contributed by atoms with E-state index in [0.717, 1.165) is 12.8 Å². The van der Waals surface area contributed by atoms with Crippen molar-refractivity contribution in [2.45, 2.75) is 36.9 Å². The summed E-state index contributed by atoms with van der Waals surface area (Å²) in [4.78, 5) is 12.3. The van der Waals surface area contributed by atoms with E-state index in [1.54, 1.807) is 19.2 Å². The van der Waals surface area contributed by atoms with Crippen LogP contribution in [-0.2, 0) is 14.3 Å². The maximum atomic E-state index is 14.2. The van der Waals surface area contributed by atoms with Gasteiger partial charge in [-0.3, -0.25) is 4.79 Å². The summed E-state index contributed by atoms with van der Waals surface area (Å²) < 4.78 is 24.6. The summed E-state index contributed by atoms with van der Waals surface area (Å²) in [6.07, 6.45) is 1.53. The summed E-state index contributed by atoms with van der Waals surface area (Å²) in [5.41, 5.74) is 0.598. The normalized spacial score (nSPS) is 34.7. The fourth-order valence-corrected chi connectivity index (χ4v) is 3.86. The second-order valence-electron chi connectivity index (χ2n) is 5.81. The van der Waals surface area contributed by atoms with E-state index in [0.29, 0.717) is 5.56 Å². The third kappa shape index (κ3) is 2.45. The molecule has 0 saturated carbocycles. The second kappa shape index (κ2) is 5.73. The van der Waals surface area contributed by atoms with Crippen molar-refractivity contribution in [3.63, 3.8) is 0 Å². The van der Waals surface area contributed by atoms with E-state index in [4.69, 9.17) is 9.47 Å². The molecule has 0 radical (unpaired) electrons. The van der Waals surface area contributed by atoms with Crippen LogP contribution in [0.4, 0.5) is 4.39 Å². The Hall–Kier alpha value is -1.46. The highest BCUT2D eigenvalue weighted by molar-refractivity contribution is 5.75. The van der Waals surface area contributed by atoms with Crippen molar-refractivity contribution in [3.8, 4) is 0 Å². The van der Waals surface area contributed by atoms with E-state index < -0.39 is 5.92 Å². The largest absolute Gasteiger partial charge is 0.469 e. The summed E-state index contributed by atoms with van der Waals surface area (Å²) in [6.45, 7) is 0. The van der Waals surface area contributed by atoms with Gasteiger partial charge in [-0.2, -0.15) is 0 Å². The van der Waals surface area contributed by atoms with Crippen LogP contribution in [0.2, 0.25) is 0 Å². The van der Waals surface area contributed by atoms with Crippen LogP contribution in [0.15, 0.2) is 24.3 Å². The predicted molar refractivity (Wildman–Crippen MR) is 75.4 cm³/mol. The summed E-state index contributed by atoms with van der Waals surface area (Å²) in [6, 6.07) is 6.82. The Morgan fingerprint density at radius 1 is 1.29 bits per heavy atom. The lowest BCUT2D eigenvalue weighted by Gasteiger charge is -2.37. The Kier molecular flexibility index (Phi) is 3.95. The first kappa shape index (κ1) is 14.5. The number of halogens is 1. The average Bonchev–Trinajstić information content (AvgIpc) is 2.83. The first-order valence-electron chi connectivity index (χ1n) is 7.26. The van der Waals surface area contributed by atoms with Gasteiger partial charge < -0.3 is 14.8 Å². The minimum absolute atomic E-state index is 0.0316. The molecule has 21 heavy (non-hydrogen) atoms. The fraction of sp³-hybridized carbons (Fsp3) is 0.562. The second-order valence-corrected chi connectivity index (χ2v) is 5.81. The number of rotatable bonds is 3. The third-order valence-corrected chi connectivity index (χ3v) is 4.79. The minimum Gasteiger partial charge on any atom is -0.469 e. The van der Waals surface area contributed by atoms with Crippen LogP contribution in [0.5, 0.6) is 0 Å². The SMILES string of the molecule is COC(=O)[C@H]1C(c2ccccc2F)CC2CC(OC)C1N2. The monoisotopic (exact) mass is 293 g/mol. The zero-order valence-electron chi connectivity index (χ0n) is 12.2. The maximum absolute atomic E-state index is 14.2. The molecule has 1 N–H and O–H groups in total. The number of methoxy groups -OCH3 is 2. The van der Waals surface area contributed by atoms with Gasteiger partial charge >= 0.3 is 5.97 Å². The van der Waals surface area contributed by atoms with E-state index in [-0.39, 0.29) is 35.9 Å². The predicted octanol–water partition coefficient (Wildman–Crippen LogP) is 1.85. The van der Waals surface area contributed by atoms with Crippen LogP contribution in [0, 0.1) is 11.7 Å². The molecule has 114 valence electrons. The van der Waals surface area contributed by atoms with Crippen LogP contribution in [0.25, 0.3) is 0 Å². The van der Waals surface area contributed by atoms with Crippen LogP contribution < -0.4 is 5.32 Å². The number of carbonyl (C=O) groups is 1. The molecule has 3 rings (SSSR count). The lowest BCUT2D eigenvalue weighted by molar-refractivity contribution is -0.149. The van der Waals surface area contributed by atoms with Crippen molar-refractivity contribution in [1.29, 1.82) is 0 Å². The molecule has 2 bridgehead atoms. The molecule has 4 nitrogen and oxygen atoms in total. The van der Waals surface area contributed by atoms with E-state index in [2.05, 4.69) is 5.32 Å². The van der Waals surface area contributed by atoms with E-state index >= 15 is 0 Å². The third-order valence-electron chi connectivity index (χ3n) is 4.79. The molecular formula is C16H20FNO3. The standard InChI is InChI=1S/C16H20FNO3/c1-20-13-8-9-7-11(10-5-3-4-6-12(10)17)14(15(13)18-9)16(19)21-2/h3-6,9,11,13-15,18H,7-8H2,1-2H3/t9?,11?,13?,14-,15?/m0/s1. The molecule has 1 aromatic carbocycles. The Morgan fingerprint density at radius 2 is 2.05 bits per heavy atom. The van der Waals surface area contributed by atoms with E-state index in [9.17, 15) is 9.18 Å². The van der Waals surface area contributed by atoms with Crippen molar-refractivity contribution in [2.75, 3.05) is 14.2 Å². The molecule has 5 atom stereocenters. The smallest absolute Gasteiger partial charge is 0.310 e. The van der Waals surface area contributed by atoms with Gasteiger partial charge in [0.25, 0.3) is 0 Å². The highest BCUT2D eigenvalue weighted by Gasteiger charge is 2.51. The molecule has 1 aromatic rings. The van der Waals surface area contributed by atoms with Crippen LogP contribution in [-0.4, -0.2) is 38.4 Å². The minimum atomic E-state index is -0.421. The maximum Gasteiger partial charge on any atom is 0.310 e. The van der Waals surface area contributed by atoms with Crippen LogP contribution >= 0.6 is 0 Å². The number of hydrogen-bond donors (Lipinski definition) is 1. The topological polar surface area (TPSA) is 47.6 Å². The van der Waals surface area contributed by atoms with E-state index in [1.807, 2.05) is 6.07 Å². The molecular weight excluding hydrogens is 273 g/mol. The number of carbonyl (C=O) groups excluding carboxylic acids is 1. The zero-order valence-corrected chi connectivity index (χ0v) is 12.2. The molecule has 2 aliphatic rings. The number of ether oxygens (including phenoxy) is 2. The van der Waals surface area contributed by atoms with Crippen molar-refractivity contribution in [3.05, 3.63) is 35.6 Å². The highest BCUT2D eigenvalue weighted by atomic mass is 19.1. The van der Waals surface area contributed by atoms with Gasteiger partial charge in [-0.05, 0) is 24.5 Å². The van der Waals surface area contributed by atoms with Crippen molar-refractivity contribution in [1.82, 2.24) is 5.32 Å². The first-order chi connectivity index (χ1) is 10.2. The molecule has 0 spiro atoms. The van der Waals surface area contributed by atoms with Gasteiger partial charge in [-0.15, -0.1) is 0 Å². The van der Waals surface area contributed by atoms with Gasteiger partial charge in [0.2, 0.25) is 0 Å². The average molecular weight is 293 g/mol. The molecule has 4 unspecified atom stereocenters. The number of fused-ring (bicyclic) bond motifs is 2. The quantitative estimate of drug-likeness (QED) is 0.864. The number of nitrogens with one attached hydrogen (secondary N) is 1. The highest BCUT2D eigenvalue weighted by Crippen LogP contribution is 2.43. The Balaban J connectivity index is 1.99. The molecule has 0 amide bonds. The lowest BCUT2D eigenvalue weighted by atomic mass is 9.76. The number of hydrogen-bond acceptors (Lipinski definition) is 4. The van der Waals surface area contributed by atoms with Gasteiger partial charge in [0.1, 0.15) is 5.82 Å². The van der Waals surface area contributed by atoms with Crippen LogP contribution in [0.3, 0.4) is 0 Å². The Bertz CT molecular complexity index is 536. The summed E-state index contributed by atoms with van der Waals surface area (Å²) in [5, 5.41) is 3.43. The molecule has 0 aromatic heterocycles. The molecule has 5 heteroatoms.